The number of nitrogens with zero attached hydrogens (tertiary/aromatic N) is 1. The van der Waals surface area contributed by atoms with Crippen molar-refractivity contribution in [3.63, 3.8) is 0 Å². The number of thiophene rings is 1. The van der Waals surface area contributed by atoms with E-state index in [1.807, 2.05) is 11.3 Å². The van der Waals surface area contributed by atoms with Gasteiger partial charge in [-0.1, -0.05) is 23.8 Å². The van der Waals surface area contributed by atoms with Crippen molar-refractivity contribution in [1.82, 2.24) is 0 Å². The Labute approximate surface area is 118 Å². The molecule has 0 bridgehead atoms. The van der Waals surface area contributed by atoms with E-state index in [0.29, 0.717) is 12.6 Å². The van der Waals surface area contributed by atoms with E-state index in [0.717, 1.165) is 6.54 Å². The molecule has 1 aliphatic carbocycles. The van der Waals surface area contributed by atoms with Crippen LogP contribution in [0.3, 0.4) is 0 Å². The van der Waals surface area contributed by atoms with E-state index in [1.54, 1.807) is 0 Å². The maximum atomic E-state index is 5.93. The third-order valence-electron chi connectivity index (χ3n) is 3.66. The summed E-state index contributed by atoms with van der Waals surface area (Å²) in [5.41, 5.74) is 9.81. The largest absolute Gasteiger partial charge is 0.363 e. The van der Waals surface area contributed by atoms with Crippen LogP contribution >= 0.6 is 11.3 Å². The quantitative estimate of drug-likeness (QED) is 0.899. The van der Waals surface area contributed by atoms with Crippen molar-refractivity contribution in [2.45, 2.75) is 38.9 Å². The smallest absolute Gasteiger partial charge is 0.0526 e. The first-order chi connectivity index (χ1) is 9.28. The van der Waals surface area contributed by atoms with Crippen molar-refractivity contribution in [1.29, 1.82) is 0 Å². The summed E-state index contributed by atoms with van der Waals surface area (Å²) in [5, 5.41) is 2.15. The van der Waals surface area contributed by atoms with E-state index in [2.05, 4.69) is 47.5 Å². The van der Waals surface area contributed by atoms with Gasteiger partial charge in [-0.25, -0.2) is 0 Å². The van der Waals surface area contributed by atoms with Crippen LogP contribution in [0.15, 0.2) is 35.7 Å². The molecule has 2 N–H and O–H groups in total. The molecule has 1 fully saturated rings. The second-order valence-corrected chi connectivity index (χ2v) is 6.31. The molecule has 1 heterocycles. The van der Waals surface area contributed by atoms with E-state index in [4.69, 9.17) is 5.73 Å². The molecule has 0 aliphatic heterocycles. The standard InChI is InChI=1S/C16H20N2S/c1-12-4-7-16(13(9-12)10-17)18(14-5-6-14)11-15-3-2-8-19-15/h2-4,7-9,14H,5-6,10-11,17H2,1H3. The first kappa shape index (κ1) is 12.7. The van der Waals surface area contributed by atoms with Crippen LogP contribution in [0.2, 0.25) is 0 Å². The molecule has 1 aliphatic rings. The predicted octanol–water partition coefficient (Wildman–Crippen LogP) is 3.68. The molecule has 0 spiro atoms. The molecular formula is C16H20N2S. The fourth-order valence-electron chi connectivity index (χ4n) is 2.53. The summed E-state index contributed by atoms with van der Waals surface area (Å²) in [6.45, 7) is 3.76. The van der Waals surface area contributed by atoms with Crippen LogP contribution in [0.5, 0.6) is 0 Å². The summed E-state index contributed by atoms with van der Waals surface area (Å²) in [6, 6.07) is 11.7. The van der Waals surface area contributed by atoms with Crippen LogP contribution in [-0.4, -0.2) is 6.04 Å². The van der Waals surface area contributed by atoms with Crippen LogP contribution in [0.1, 0.15) is 28.8 Å². The second kappa shape index (κ2) is 5.35. The Morgan fingerprint density at radius 3 is 2.79 bits per heavy atom. The van der Waals surface area contributed by atoms with Gasteiger partial charge in [0.1, 0.15) is 0 Å². The van der Waals surface area contributed by atoms with Crippen molar-refractivity contribution in [3.05, 3.63) is 51.7 Å². The van der Waals surface area contributed by atoms with Crippen molar-refractivity contribution in [3.8, 4) is 0 Å². The Kier molecular flexibility index (Phi) is 3.58. The van der Waals surface area contributed by atoms with Gasteiger partial charge in [-0.3, -0.25) is 0 Å². The lowest BCUT2D eigenvalue weighted by Gasteiger charge is -2.26. The van der Waals surface area contributed by atoms with Crippen LogP contribution in [-0.2, 0) is 13.1 Å². The summed E-state index contributed by atoms with van der Waals surface area (Å²) in [6.07, 6.45) is 2.62. The lowest BCUT2D eigenvalue weighted by atomic mass is 10.1. The zero-order chi connectivity index (χ0) is 13.2. The molecule has 100 valence electrons. The van der Waals surface area contributed by atoms with Gasteiger partial charge in [-0.2, -0.15) is 0 Å². The van der Waals surface area contributed by atoms with Gasteiger partial charge < -0.3 is 10.6 Å². The molecule has 3 heteroatoms. The molecule has 0 unspecified atom stereocenters. The van der Waals surface area contributed by atoms with Gasteiger partial charge in [0.25, 0.3) is 0 Å². The minimum absolute atomic E-state index is 0.616. The molecular weight excluding hydrogens is 252 g/mol. The van der Waals surface area contributed by atoms with E-state index < -0.39 is 0 Å². The Morgan fingerprint density at radius 1 is 1.32 bits per heavy atom. The Morgan fingerprint density at radius 2 is 2.16 bits per heavy atom. The highest BCUT2D eigenvalue weighted by molar-refractivity contribution is 7.09. The molecule has 0 radical (unpaired) electrons. The van der Waals surface area contributed by atoms with E-state index in [-0.39, 0.29) is 0 Å². The van der Waals surface area contributed by atoms with Crippen molar-refractivity contribution in [2.24, 2.45) is 5.73 Å². The summed E-state index contributed by atoms with van der Waals surface area (Å²) < 4.78 is 0. The lowest BCUT2D eigenvalue weighted by molar-refractivity contribution is 0.794. The highest BCUT2D eigenvalue weighted by Crippen LogP contribution is 2.35. The third kappa shape index (κ3) is 2.82. The molecule has 0 amide bonds. The minimum Gasteiger partial charge on any atom is -0.363 e. The zero-order valence-electron chi connectivity index (χ0n) is 11.3. The highest BCUT2D eigenvalue weighted by atomic mass is 32.1. The number of anilines is 1. The summed E-state index contributed by atoms with van der Waals surface area (Å²) in [7, 11) is 0. The fraction of sp³-hybridized carbons (Fsp3) is 0.375. The SMILES string of the molecule is Cc1ccc(N(Cc2cccs2)C2CC2)c(CN)c1. The van der Waals surface area contributed by atoms with Gasteiger partial charge >= 0.3 is 0 Å². The van der Waals surface area contributed by atoms with Crippen LogP contribution in [0, 0.1) is 6.92 Å². The second-order valence-electron chi connectivity index (χ2n) is 5.27. The van der Waals surface area contributed by atoms with Gasteiger partial charge in [0.15, 0.2) is 0 Å². The fourth-order valence-corrected chi connectivity index (χ4v) is 3.23. The van der Waals surface area contributed by atoms with Gasteiger partial charge in [-0.15, -0.1) is 11.3 Å². The average Bonchev–Trinajstić information content (AvgIpc) is 3.13. The molecule has 0 saturated heterocycles. The van der Waals surface area contributed by atoms with E-state index >= 15 is 0 Å². The van der Waals surface area contributed by atoms with Gasteiger partial charge in [0.05, 0.1) is 6.54 Å². The Bertz CT molecular complexity index is 544. The number of benzene rings is 1. The third-order valence-corrected chi connectivity index (χ3v) is 4.52. The molecule has 0 atom stereocenters. The first-order valence-electron chi connectivity index (χ1n) is 6.86. The van der Waals surface area contributed by atoms with Gasteiger partial charge in [-0.05, 0) is 42.8 Å². The monoisotopic (exact) mass is 272 g/mol. The minimum atomic E-state index is 0.616. The summed E-state index contributed by atoms with van der Waals surface area (Å²) in [5.74, 6) is 0. The normalized spacial score (nSPS) is 14.6. The molecule has 2 nitrogen and oxygen atoms in total. The summed E-state index contributed by atoms with van der Waals surface area (Å²) in [4.78, 5) is 3.96. The van der Waals surface area contributed by atoms with E-state index in [9.17, 15) is 0 Å². The molecule has 1 aromatic heterocycles. The maximum Gasteiger partial charge on any atom is 0.0526 e. The van der Waals surface area contributed by atoms with Crippen LogP contribution in [0.25, 0.3) is 0 Å². The maximum absolute atomic E-state index is 5.93. The predicted molar refractivity (Wildman–Crippen MR) is 82.6 cm³/mol. The zero-order valence-corrected chi connectivity index (χ0v) is 12.1. The number of hydrogen-bond acceptors (Lipinski definition) is 3. The average molecular weight is 272 g/mol. The molecule has 1 saturated carbocycles. The molecule has 19 heavy (non-hydrogen) atoms. The van der Waals surface area contributed by atoms with Crippen molar-refractivity contribution >= 4 is 17.0 Å². The number of aryl methyl sites for hydroxylation is 1. The molecule has 1 aromatic carbocycles. The van der Waals surface area contributed by atoms with Gasteiger partial charge in [0, 0.05) is 23.2 Å². The van der Waals surface area contributed by atoms with Crippen LogP contribution in [0.4, 0.5) is 5.69 Å². The topological polar surface area (TPSA) is 29.3 Å². The van der Waals surface area contributed by atoms with E-state index in [1.165, 1.54) is 34.5 Å². The van der Waals surface area contributed by atoms with Gasteiger partial charge in [0.2, 0.25) is 0 Å². The van der Waals surface area contributed by atoms with Crippen molar-refractivity contribution < 1.29 is 0 Å². The number of hydrogen-bond donors (Lipinski definition) is 1. The lowest BCUT2D eigenvalue weighted by Crippen LogP contribution is -2.26. The molecule has 2 aromatic rings. The summed E-state index contributed by atoms with van der Waals surface area (Å²) >= 11 is 1.83. The Balaban J connectivity index is 1.91. The van der Waals surface area contributed by atoms with Crippen molar-refractivity contribution in [2.75, 3.05) is 4.90 Å². The Hall–Kier alpha value is -1.32. The first-order valence-corrected chi connectivity index (χ1v) is 7.74. The highest BCUT2D eigenvalue weighted by Gasteiger charge is 2.30. The molecule has 3 rings (SSSR count). The number of rotatable bonds is 5. The van der Waals surface area contributed by atoms with Crippen LogP contribution < -0.4 is 10.6 Å². The number of nitrogens with two attached hydrogens (primary N) is 1.